The van der Waals surface area contributed by atoms with Crippen molar-refractivity contribution >= 4 is 50.5 Å². The second kappa shape index (κ2) is 4.04. The van der Waals surface area contributed by atoms with Crippen LogP contribution in [0.3, 0.4) is 0 Å². The molecule has 0 saturated carbocycles. The highest BCUT2D eigenvalue weighted by atomic mass is 32.2. The first-order chi connectivity index (χ1) is 3.56. The van der Waals surface area contributed by atoms with E-state index in [1.807, 2.05) is 6.08 Å². The van der Waals surface area contributed by atoms with Crippen LogP contribution >= 0.6 is 50.5 Å². The van der Waals surface area contributed by atoms with E-state index in [2.05, 4.69) is 50.5 Å². The van der Waals surface area contributed by atoms with Crippen molar-refractivity contribution < 1.29 is 0 Å². The Hall–Kier alpha value is 1.14. The molecule has 0 saturated heterocycles. The molecule has 0 rings (SSSR count). The smallest absolute Gasteiger partial charge is 0.117 e. The zero-order valence-electron chi connectivity index (χ0n) is 4.15. The maximum Gasteiger partial charge on any atom is 0.117 e. The second-order valence-electron chi connectivity index (χ2n) is 1.27. The van der Waals surface area contributed by atoms with Crippen molar-refractivity contribution in [1.29, 1.82) is 0 Å². The van der Waals surface area contributed by atoms with Crippen LogP contribution in [0.15, 0.2) is 12.2 Å². The summed E-state index contributed by atoms with van der Waals surface area (Å²) < 4.78 is -0.595. The second-order valence-corrected chi connectivity index (χ2v) is 4.81. The SMILES string of the molecule is SCC=CC(S)(S)S. The topological polar surface area (TPSA) is 0 Å². The van der Waals surface area contributed by atoms with E-state index in [0.29, 0.717) is 5.75 Å². The van der Waals surface area contributed by atoms with Gasteiger partial charge in [0.2, 0.25) is 0 Å². The number of hydrogen-bond donors (Lipinski definition) is 4. The maximum atomic E-state index is 4.00. The van der Waals surface area contributed by atoms with Gasteiger partial charge in [0.15, 0.2) is 0 Å². The van der Waals surface area contributed by atoms with Crippen LogP contribution in [0.4, 0.5) is 0 Å². The minimum atomic E-state index is -0.595. The van der Waals surface area contributed by atoms with Gasteiger partial charge < -0.3 is 0 Å². The van der Waals surface area contributed by atoms with E-state index in [4.69, 9.17) is 0 Å². The Morgan fingerprint density at radius 2 is 1.75 bits per heavy atom. The molecular weight excluding hydrogens is 176 g/mol. The third-order valence-electron chi connectivity index (χ3n) is 0.447. The molecule has 0 aromatic carbocycles. The van der Waals surface area contributed by atoms with Crippen LogP contribution in [0.2, 0.25) is 0 Å². The molecule has 0 unspecified atom stereocenters. The summed E-state index contributed by atoms with van der Waals surface area (Å²) in [5, 5.41) is 0. The molecule has 0 aliphatic carbocycles. The predicted molar refractivity (Wildman–Crippen MR) is 52.7 cm³/mol. The third kappa shape index (κ3) is 7.14. The summed E-state index contributed by atoms with van der Waals surface area (Å²) in [5.74, 6) is 0.698. The number of hydrogen-bond acceptors (Lipinski definition) is 4. The average Bonchev–Trinajstić information content (AvgIpc) is 1.59. The summed E-state index contributed by atoms with van der Waals surface area (Å²) >= 11 is 15.9. The van der Waals surface area contributed by atoms with Gasteiger partial charge >= 0.3 is 0 Å². The molecule has 0 aromatic heterocycles. The van der Waals surface area contributed by atoms with E-state index in [-0.39, 0.29) is 0 Å². The van der Waals surface area contributed by atoms with Crippen LogP contribution in [0, 0.1) is 0 Å². The fraction of sp³-hybridized carbons (Fsp3) is 0.500. The van der Waals surface area contributed by atoms with Crippen molar-refractivity contribution in [1.82, 2.24) is 0 Å². The summed E-state index contributed by atoms with van der Waals surface area (Å²) in [6.45, 7) is 0. The van der Waals surface area contributed by atoms with Gasteiger partial charge in [0.05, 0.1) is 0 Å². The van der Waals surface area contributed by atoms with Crippen LogP contribution in [0.1, 0.15) is 0 Å². The van der Waals surface area contributed by atoms with Crippen molar-refractivity contribution in [2.45, 2.75) is 3.41 Å². The minimum absolute atomic E-state index is 0.595. The van der Waals surface area contributed by atoms with Crippen molar-refractivity contribution in [2.75, 3.05) is 5.75 Å². The van der Waals surface area contributed by atoms with Crippen molar-refractivity contribution in [2.24, 2.45) is 0 Å². The summed E-state index contributed by atoms with van der Waals surface area (Å²) in [5.41, 5.74) is 0. The quantitative estimate of drug-likeness (QED) is 0.281. The van der Waals surface area contributed by atoms with Gasteiger partial charge in [-0.15, -0.1) is 37.9 Å². The normalized spacial score (nSPS) is 13.0. The van der Waals surface area contributed by atoms with E-state index in [1.54, 1.807) is 6.08 Å². The molecule has 8 heavy (non-hydrogen) atoms. The Labute approximate surface area is 71.8 Å². The first kappa shape index (κ1) is 9.14. The molecule has 0 spiro atoms. The molecule has 0 amide bonds. The van der Waals surface area contributed by atoms with Gasteiger partial charge in [-0.1, -0.05) is 12.2 Å². The number of thiol groups is 4. The highest BCUT2D eigenvalue weighted by Gasteiger charge is 2.05. The van der Waals surface area contributed by atoms with Crippen LogP contribution < -0.4 is 0 Å². The van der Waals surface area contributed by atoms with Gasteiger partial charge in [0, 0.05) is 5.75 Å². The lowest BCUT2D eigenvalue weighted by molar-refractivity contribution is 1.55. The van der Waals surface area contributed by atoms with Gasteiger partial charge in [0.25, 0.3) is 0 Å². The van der Waals surface area contributed by atoms with Gasteiger partial charge in [-0.05, 0) is 0 Å². The molecule has 0 heterocycles. The Morgan fingerprint density at radius 3 is 1.88 bits per heavy atom. The molecule has 0 fully saturated rings. The highest BCUT2D eigenvalue weighted by Crippen LogP contribution is 2.25. The maximum absolute atomic E-state index is 4.00. The van der Waals surface area contributed by atoms with E-state index in [0.717, 1.165) is 0 Å². The molecule has 0 bridgehead atoms. The molecule has 0 aliphatic heterocycles. The highest BCUT2D eigenvalue weighted by molar-refractivity contribution is 8.17. The Morgan fingerprint density at radius 1 is 1.25 bits per heavy atom. The minimum Gasteiger partial charge on any atom is -0.175 e. The van der Waals surface area contributed by atoms with E-state index in [1.165, 1.54) is 0 Å². The molecule has 0 radical (unpaired) electrons. The summed E-state index contributed by atoms with van der Waals surface area (Å²) in [4.78, 5) is 0. The van der Waals surface area contributed by atoms with E-state index >= 15 is 0 Å². The van der Waals surface area contributed by atoms with E-state index in [9.17, 15) is 0 Å². The van der Waals surface area contributed by atoms with Gasteiger partial charge in [-0.25, -0.2) is 0 Å². The third-order valence-corrected chi connectivity index (χ3v) is 1.10. The molecule has 48 valence electrons. The summed E-state index contributed by atoms with van der Waals surface area (Å²) in [7, 11) is 0. The predicted octanol–water partition coefficient (Wildman–Crippen LogP) is 1.92. The Balaban J connectivity index is 3.52. The standard InChI is InChI=1S/C4H8S4/c5-3-1-2-4(6,7)8/h1-2,5-8H,3H2. The van der Waals surface area contributed by atoms with Crippen LogP contribution in [0.5, 0.6) is 0 Å². The van der Waals surface area contributed by atoms with Crippen molar-refractivity contribution in [3.8, 4) is 0 Å². The summed E-state index contributed by atoms with van der Waals surface area (Å²) in [6.07, 6.45) is 3.60. The van der Waals surface area contributed by atoms with Gasteiger partial charge in [0.1, 0.15) is 3.41 Å². The molecule has 0 atom stereocenters. The molecular formula is C4H8S4. The zero-order valence-corrected chi connectivity index (χ0v) is 7.73. The molecule has 0 aromatic rings. The average molecular weight is 184 g/mol. The first-order valence-corrected chi connectivity index (χ1v) is 3.99. The fourth-order valence-electron chi connectivity index (χ4n) is 0.211. The lowest BCUT2D eigenvalue weighted by Gasteiger charge is -2.06. The molecule has 0 aliphatic rings. The lowest BCUT2D eigenvalue weighted by Crippen LogP contribution is -1.94. The summed E-state index contributed by atoms with van der Waals surface area (Å²) in [6, 6.07) is 0. The molecule has 0 nitrogen and oxygen atoms in total. The van der Waals surface area contributed by atoms with Crippen molar-refractivity contribution in [3.63, 3.8) is 0 Å². The fourth-order valence-corrected chi connectivity index (χ4v) is 0.632. The van der Waals surface area contributed by atoms with Crippen LogP contribution in [-0.2, 0) is 0 Å². The zero-order chi connectivity index (χ0) is 6.62. The Bertz CT molecular complexity index is 80.5. The monoisotopic (exact) mass is 184 g/mol. The van der Waals surface area contributed by atoms with Gasteiger partial charge in [-0.3, -0.25) is 0 Å². The van der Waals surface area contributed by atoms with Gasteiger partial charge in [-0.2, -0.15) is 12.6 Å². The van der Waals surface area contributed by atoms with Crippen LogP contribution in [-0.4, -0.2) is 9.16 Å². The van der Waals surface area contributed by atoms with Crippen molar-refractivity contribution in [3.05, 3.63) is 12.2 Å². The lowest BCUT2D eigenvalue weighted by atomic mass is 10.6. The molecule has 4 heteroatoms. The first-order valence-electron chi connectivity index (χ1n) is 2.02. The number of rotatable bonds is 2. The molecule has 0 N–H and O–H groups in total. The van der Waals surface area contributed by atoms with E-state index < -0.39 is 3.41 Å². The largest absolute Gasteiger partial charge is 0.175 e. The Kier molecular flexibility index (Phi) is 4.61. The van der Waals surface area contributed by atoms with Crippen LogP contribution in [0.25, 0.3) is 0 Å².